The summed E-state index contributed by atoms with van der Waals surface area (Å²) in [6.45, 7) is 8.88. The van der Waals surface area contributed by atoms with Gasteiger partial charge in [-0.05, 0) is 25.7 Å². The summed E-state index contributed by atoms with van der Waals surface area (Å²) < 4.78 is 5.53. The molecule has 4 heteroatoms. The van der Waals surface area contributed by atoms with Gasteiger partial charge >= 0.3 is 0 Å². The fourth-order valence-corrected chi connectivity index (χ4v) is 3.25. The van der Waals surface area contributed by atoms with Crippen LogP contribution in [0.2, 0.25) is 0 Å². The number of Topliss-reactive ketones (excluding diaryl/α,β-unsaturated/α-hetero) is 1. The highest BCUT2D eigenvalue weighted by Crippen LogP contribution is 2.38. The van der Waals surface area contributed by atoms with Crippen molar-refractivity contribution in [2.24, 2.45) is 5.41 Å². The van der Waals surface area contributed by atoms with Crippen molar-refractivity contribution in [2.75, 3.05) is 6.61 Å². The van der Waals surface area contributed by atoms with Gasteiger partial charge in [-0.1, -0.05) is 13.8 Å². The third-order valence-corrected chi connectivity index (χ3v) is 4.32. The van der Waals surface area contributed by atoms with Crippen LogP contribution in [0.25, 0.3) is 0 Å². The summed E-state index contributed by atoms with van der Waals surface area (Å²) in [7, 11) is 0. The maximum atomic E-state index is 12.0. The molecule has 0 radical (unpaired) electrons. The lowest BCUT2D eigenvalue weighted by Crippen LogP contribution is -2.26. The molecule has 0 bridgehead atoms. The van der Waals surface area contributed by atoms with Gasteiger partial charge in [-0.2, -0.15) is 0 Å². The second kappa shape index (κ2) is 4.50. The van der Waals surface area contributed by atoms with Crippen molar-refractivity contribution in [3.05, 3.63) is 15.6 Å². The van der Waals surface area contributed by atoms with Crippen LogP contribution in [-0.2, 0) is 11.2 Å². The Hall–Kier alpha value is -0.740. The molecule has 3 nitrogen and oxygen atoms in total. The third kappa shape index (κ3) is 2.58. The van der Waals surface area contributed by atoms with Gasteiger partial charge in [0.1, 0.15) is 11.1 Å². The zero-order valence-electron chi connectivity index (χ0n) is 10.9. The van der Waals surface area contributed by atoms with Gasteiger partial charge in [0, 0.05) is 13.0 Å². The van der Waals surface area contributed by atoms with Crippen molar-refractivity contribution in [1.82, 2.24) is 4.98 Å². The number of hydrogen-bond donors (Lipinski definition) is 0. The number of ether oxygens (including phenoxy) is 1. The number of aromatic nitrogens is 1. The Kier molecular flexibility index (Phi) is 3.36. The zero-order chi connectivity index (χ0) is 12.6. The molecule has 1 aliphatic rings. The smallest absolute Gasteiger partial charge is 0.175 e. The number of rotatable bonds is 3. The van der Waals surface area contributed by atoms with Crippen molar-refractivity contribution in [2.45, 2.75) is 46.6 Å². The van der Waals surface area contributed by atoms with Gasteiger partial charge in [-0.25, -0.2) is 4.98 Å². The lowest BCUT2D eigenvalue weighted by Gasteiger charge is -2.26. The predicted molar refractivity (Wildman–Crippen MR) is 68.6 cm³/mol. The van der Waals surface area contributed by atoms with Crippen LogP contribution in [0.4, 0.5) is 0 Å². The molecule has 0 amide bonds. The van der Waals surface area contributed by atoms with Crippen LogP contribution in [0.15, 0.2) is 0 Å². The van der Waals surface area contributed by atoms with Crippen molar-refractivity contribution >= 4 is 17.1 Å². The first-order valence-corrected chi connectivity index (χ1v) is 6.89. The van der Waals surface area contributed by atoms with E-state index in [2.05, 4.69) is 18.8 Å². The second-order valence-electron chi connectivity index (χ2n) is 5.37. The molecule has 0 N–H and O–H groups in total. The molecule has 17 heavy (non-hydrogen) atoms. The number of carbonyl (C=O) groups excluding carboxylic acids is 1. The van der Waals surface area contributed by atoms with E-state index >= 15 is 0 Å². The van der Waals surface area contributed by atoms with Crippen molar-refractivity contribution in [1.29, 1.82) is 0 Å². The number of ketones is 1. The molecule has 1 heterocycles. The highest BCUT2D eigenvalue weighted by atomic mass is 32.1. The van der Waals surface area contributed by atoms with E-state index in [9.17, 15) is 4.79 Å². The third-order valence-electron chi connectivity index (χ3n) is 3.02. The normalized spacial score (nSPS) is 20.1. The largest absolute Gasteiger partial charge is 0.372 e. The SMILES string of the molecule is CCOC(C)c1nc2c(s1)C(=O)CC(C)(C)C2. The van der Waals surface area contributed by atoms with Crippen molar-refractivity contribution < 1.29 is 9.53 Å². The van der Waals surface area contributed by atoms with Crippen LogP contribution in [0.5, 0.6) is 0 Å². The first-order chi connectivity index (χ1) is 7.93. The lowest BCUT2D eigenvalue weighted by atomic mass is 9.78. The fraction of sp³-hybridized carbons (Fsp3) is 0.692. The summed E-state index contributed by atoms with van der Waals surface area (Å²) >= 11 is 1.51. The number of thiazole rings is 1. The number of carbonyl (C=O) groups is 1. The molecule has 1 aliphatic carbocycles. The van der Waals surface area contributed by atoms with Gasteiger partial charge in [0.15, 0.2) is 5.78 Å². The van der Waals surface area contributed by atoms with E-state index in [1.54, 1.807) is 0 Å². The molecule has 0 spiro atoms. The van der Waals surface area contributed by atoms with Crippen LogP contribution < -0.4 is 0 Å². The summed E-state index contributed by atoms with van der Waals surface area (Å²) in [5.41, 5.74) is 1.02. The zero-order valence-corrected chi connectivity index (χ0v) is 11.7. The molecule has 1 aromatic rings. The summed E-state index contributed by atoms with van der Waals surface area (Å²) in [4.78, 5) is 17.5. The van der Waals surface area contributed by atoms with Crippen LogP contribution in [0.1, 0.15) is 60.6 Å². The topological polar surface area (TPSA) is 39.2 Å². The Morgan fingerprint density at radius 1 is 1.47 bits per heavy atom. The first kappa shape index (κ1) is 12.7. The minimum absolute atomic E-state index is 0.00786. The average molecular weight is 253 g/mol. The number of fused-ring (bicyclic) bond motifs is 1. The highest BCUT2D eigenvalue weighted by Gasteiger charge is 2.34. The summed E-state index contributed by atoms with van der Waals surface area (Å²) in [5, 5.41) is 0.933. The Morgan fingerprint density at radius 3 is 2.82 bits per heavy atom. The first-order valence-electron chi connectivity index (χ1n) is 6.07. The van der Waals surface area contributed by atoms with Gasteiger partial charge in [-0.3, -0.25) is 4.79 Å². The molecular weight excluding hydrogens is 234 g/mol. The second-order valence-corrected chi connectivity index (χ2v) is 6.40. The molecule has 0 saturated heterocycles. The van der Waals surface area contributed by atoms with E-state index in [1.165, 1.54) is 11.3 Å². The number of hydrogen-bond acceptors (Lipinski definition) is 4. The average Bonchev–Trinajstić information content (AvgIpc) is 2.60. The molecule has 0 fully saturated rings. The lowest BCUT2D eigenvalue weighted by molar-refractivity contribution is 0.0759. The molecule has 0 aliphatic heterocycles. The Bertz CT molecular complexity index is 437. The van der Waals surface area contributed by atoms with Crippen molar-refractivity contribution in [3.8, 4) is 0 Å². The fourth-order valence-electron chi connectivity index (χ4n) is 2.23. The monoisotopic (exact) mass is 253 g/mol. The van der Waals surface area contributed by atoms with E-state index in [4.69, 9.17) is 4.74 Å². The number of nitrogens with zero attached hydrogens (tertiary/aromatic N) is 1. The molecule has 0 aromatic carbocycles. The maximum Gasteiger partial charge on any atom is 0.175 e. The van der Waals surface area contributed by atoms with E-state index in [0.29, 0.717) is 13.0 Å². The Labute approximate surface area is 106 Å². The van der Waals surface area contributed by atoms with Crippen molar-refractivity contribution in [3.63, 3.8) is 0 Å². The predicted octanol–water partition coefficient (Wildman–Crippen LogP) is 3.40. The van der Waals surface area contributed by atoms with Crippen LogP contribution in [0.3, 0.4) is 0 Å². The van der Waals surface area contributed by atoms with E-state index in [1.807, 2.05) is 13.8 Å². The molecular formula is C13H19NO2S. The molecule has 1 aromatic heterocycles. The van der Waals surface area contributed by atoms with Gasteiger partial charge < -0.3 is 4.74 Å². The molecule has 94 valence electrons. The summed E-state index contributed by atoms with van der Waals surface area (Å²) in [6, 6.07) is 0. The summed E-state index contributed by atoms with van der Waals surface area (Å²) in [6.07, 6.45) is 1.51. The minimum atomic E-state index is -0.00786. The molecule has 0 saturated carbocycles. The Morgan fingerprint density at radius 2 is 2.18 bits per heavy atom. The standard InChI is InChI=1S/C13H19NO2S/c1-5-16-8(2)12-14-9-6-13(3,4)7-10(15)11(9)17-12/h8H,5-7H2,1-4H3. The van der Waals surface area contributed by atoms with Gasteiger partial charge in [0.05, 0.1) is 10.6 Å². The van der Waals surface area contributed by atoms with E-state index in [-0.39, 0.29) is 17.3 Å². The Balaban J connectivity index is 2.30. The molecule has 1 atom stereocenters. The van der Waals surface area contributed by atoms with Gasteiger partial charge in [-0.15, -0.1) is 11.3 Å². The van der Waals surface area contributed by atoms with Crippen LogP contribution >= 0.6 is 11.3 Å². The quantitative estimate of drug-likeness (QED) is 0.828. The molecule has 1 unspecified atom stereocenters. The van der Waals surface area contributed by atoms with Crippen LogP contribution in [-0.4, -0.2) is 17.4 Å². The van der Waals surface area contributed by atoms with Gasteiger partial charge in [0.2, 0.25) is 0 Å². The highest BCUT2D eigenvalue weighted by molar-refractivity contribution is 7.14. The van der Waals surface area contributed by atoms with E-state index < -0.39 is 0 Å². The minimum Gasteiger partial charge on any atom is -0.372 e. The van der Waals surface area contributed by atoms with E-state index in [0.717, 1.165) is 22.0 Å². The molecule has 2 rings (SSSR count). The maximum absolute atomic E-state index is 12.0. The van der Waals surface area contributed by atoms with Crippen LogP contribution in [0, 0.1) is 5.41 Å². The van der Waals surface area contributed by atoms with Gasteiger partial charge in [0.25, 0.3) is 0 Å². The summed E-state index contributed by atoms with van der Waals surface area (Å²) in [5.74, 6) is 0.240.